The molecule has 1 aliphatic carbocycles. The number of benzene rings is 1. The number of aliphatic hydroxyl groups excluding tert-OH is 1. The smallest absolute Gasteiger partial charge is 0.147 e. The second-order valence-corrected chi connectivity index (χ2v) is 7.04. The maximum atomic E-state index is 9.95. The van der Waals surface area contributed by atoms with Gasteiger partial charge in [0.1, 0.15) is 5.75 Å². The molecule has 1 fully saturated rings. The van der Waals surface area contributed by atoms with Gasteiger partial charge in [-0.1, -0.05) is 12.8 Å². The summed E-state index contributed by atoms with van der Waals surface area (Å²) in [6, 6.07) is 4.13. The van der Waals surface area contributed by atoms with Crippen molar-refractivity contribution >= 4 is 31.9 Å². The van der Waals surface area contributed by atoms with E-state index in [1.54, 1.807) is 7.11 Å². The third kappa shape index (κ3) is 4.20. The molecule has 1 aromatic rings. The van der Waals surface area contributed by atoms with Crippen molar-refractivity contribution in [3.05, 3.63) is 26.6 Å². The molecule has 0 spiro atoms. The molecule has 2 rings (SSSR count). The SMILES string of the molecule is COc1c(Br)cc(CNCC2CCCCC2O)cc1Br. The van der Waals surface area contributed by atoms with Gasteiger partial charge >= 0.3 is 0 Å². The number of hydrogen-bond donors (Lipinski definition) is 2. The number of methoxy groups -OCH3 is 1. The lowest BCUT2D eigenvalue weighted by molar-refractivity contribution is 0.0695. The Labute approximate surface area is 137 Å². The van der Waals surface area contributed by atoms with Crippen molar-refractivity contribution < 1.29 is 9.84 Å². The molecule has 2 unspecified atom stereocenters. The molecule has 0 saturated heterocycles. The summed E-state index contributed by atoms with van der Waals surface area (Å²) < 4.78 is 7.19. The Kier molecular flexibility index (Phi) is 6.33. The van der Waals surface area contributed by atoms with Gasteiger partial charge in [0, 0.05) is 13.1 Å². The second kappa shape index (κ2) is 7.78. The first-order valence-electron chi connectivity index (χ1n) is 7.02. The number of nitrogens with one attached hydrogen (secondary N) is 1. The van der Waals surface area contributed by atoms with Crippen LogP contribution in [0, 0.1) is 5.92 Å². The van der Waals surface area contributed by atoms with Gasteiger partial charge in [-0.2, -0.15) is 0 Å². The summed E-state index contributed by atoms with van der Waals surface area (Å²) in [6.07, 6.45) is 4.35. The number of rotatable bonds is 5. The highest BCUT2D eigenvalue weighted by molar-refractivity contribution is 9.11. The molecule has 20 heavy (non-hydrogen) atoms. The van der Waals surface area contributed by atoms with Gasteiger partial charge in [0.15, 0.2) is 0 Å². The van der Waals surface area contributed by atoms with Gasteiger partial charge < -0.3 is 15.2 Å². The van der Waals surface area contributed by atoms with Gasteiger partial charge in [-0.25, -0.2) is 0 Å². The highest BCUT2D eigenvalue weighted by atomic mass is 79.9. The molecule has 3 nitrogen and oxygen atoms in total. The van der Waals surface area contributed by atoms with Crippen LogP contribution < -0.4 is 10.1 Å². The van der Waals surface area contributed by atoms with Gasteiger partial charge in [-0.3, -0.25) is 0 Å². The summed E-state index contributed by atoms with van der Waals surface area (Å²) >= 11 is 7.03. The Morgan fingerprint density at radius 1 is 1.25 bits per heavy atom. The van der Waals surface area contributed by atoms with E-state index in [1.807, 2.05) is 0 Å². The van der Waals surface area contributed by atoms with Crippen molar-refractivity contribution in [1.82, 2.24) is 5.32 Å². The summed E-state index contributed by atoms with van der Waals surface area (Å²) in [5, 5.41) is 13.4. The van der Waals surface area contributed by atoms with Crippen LogP contribution in [0.2, 0.25) is 0 Å². The molecule has 0 aliphatic heterocycles. The van der Waals surface area contributed by atoms with E-state index in [0.29, 0.717) is 5.92 Å². The van der Waals surface area contributed by atoms with Crippen LogP contribution in [0.3, 0.4) is 0 Å². The van der Waals surface area contributed by atoms with Crippen molar-refractivity contribution in [2.75, 3.05) is 13.7 Å². The van der Waals surface area contributed by atoms with Crippen LogP contribution in [0.15, 0.2) is 21.1 Å². The molecule has 0 heterocycles. The van der Waals surface area contributed by atoms with Gasteiger partial charge in [-0.15, -0.1) is 0 Å². The average Bonchev–Trinajstić information content (AvgIpc) is 2.41. The predicted molar refractivity (Wildman–Crippen MR) is 88.1 cm³/mol. The Hall–Kier alpha value is -0.100. The van der Waals surface area contributed by atoms with Crippen molar-refractivity contribution in [3.63, 3.8) is 0 Å². The van der Waals surface area contributed by atoms with E-state index in [0.717, 1.165) is 47.0 Å². The highest BCUT2D eigenvalue weighted by Crippen LogP contribution is 2.34. The van der Waals surface area contributed by atoms with Crippen molar-refractivity contribution in [2.45, 2.75) is 38.3 Å². The summed E-state index contributed by atoms with van der Waals surface area (Å²) in [4.78, 5) is 0. The average molecular weight is 407 g/mol. The van der Waals surface area contributed by atoms with Crippen LogP contribution in [0.4, 0.5) is 0 Å². The molecule has 0 amide bonds. The number of aliphatic hydroxyl groups is 1. The van der Waals surface area contributed by atoms with E-state index in [4.69, 9.17) is 4.74 Å². The van der Waals surface area contributed by atoms with E-state index in [-0.39, 0.29) is 6.10 Å². The third-order valence-corrected chi connectivity index (χ3v) is 5.04. The fraction of sp³-hybridized carbons (Fsp3) is 0.600. The summed E-state index contributed by atoms with van der Waals surface area (Å²) in [6.45, 7) is 1.67. The first kappa shape index (κ1) is 16.3. The normalized spacial score (nSPS) is 22.8. The van der Waals surface area contributed by atoms with Crippen molar-refractivity contribution in [2.24, 2.45) is 5.92 Å². The Morgan fingerprint density at radius 3 is 2.50 bits per heavy atom. The van der Waals surface area contributed by atoms with Crippen LogP contribution in [0.25, 0.3) is 0 Å². The van der Waals surface area contributed by atoms with Crippen molar-refractivity contribution in [1.29, 1.82) is 0 Å². The van der Waals surface area contributed by atoms with Crippen molar-refractivity contribution in [3.8, 4) is 5.75 Å². The molecule has 5 heteroatoms. The van der Waals surface area contributed by atoms with E-state index in [2.05, 4.69) is 49.3 Å². The second-order valence-electron chi connectivity index (χ2n) is 5.34. The van der Waals surface area contributed by atoms with E-state index in [9.17, 15) is 5.11 Å². The maximum absolute atomic E-state index is 9.95. The van der Waals surface area contributed by atoms with Crippen LogP contribution in [0.5, 0.6) is 5.75 Å². The van der Waals surface area contributed by atoms with E-state index >= 15 is 0 Å². The zero-order chi connectivity index (χ0) is 14.5. The highest BCUT2D eigenvalue weighted by Gasteiger charge is 2.22. The monoisotopic (exact) mass is 405 g/mol. The van der Waals surface area contributed by atoms with Gasteiger partial charge in [-0.05, 0) is 68.3 Å². The first-order valence-corrected chi connectivity index (χ1v) is 8.61. The number of ether oxygens (including phenoxy) is 1. The molecule has 112 valence electrons. The quantitative estimate of drug-likeness (QED) is 0.779. The lowest BCUT2D eigenvalue weighted by Crippen LogP contribution is -2.33. The predicted octanol–water partition coefficient (Wildman–Crippen LogP) is 3.86. The minimum atomic E-state index is -0.134. The molecule has 2 N–H and O–H groups in total. The largest absolute Gasteiger partial charge is 0.494 e. The molecule has 1 aromatic carbocycles. The van der Waals surface area contributed by atoms with Gasteiger partial charge in [0.05, 0.1) is 22.2 Å². The van der Waals surface area contributed by atoms with Gasteiger partial charge in [0.25, 0.3) is 0 Å². The number of hydrogen-bond acceptors (Lipinski definition) is 3. The molecule has 1 saturated carbocycles. The Balaban J connectivity index is 1.88. The molecule has 0 bridgehead atoms. The maximum Gasteiger partial charge on any atom is 0.147 e. The fourth-order valence-corrected chi connectivity index (χ4v) is 4.34. The van der Waals surface area contributed by atoms with Crippen LogP contribution in [-0.2, 0) is 6.54 Å². The van der Waals surface area contributed by atoms with Crippen LogP contribution >= 0.6 is 31.9 Å². The fourth-order valence-electron chi connectivity index (χ4n) is 2.74. The number of halogens is 2. The van der Waals surface area contributed by atoms with E-state index < -0.39 is 0 Å². The molecule has 0 aromatic heterocycles. The zero-order valence-corrected chi connectivity index (χ0v) is 14.8. The molecule has 1 aliphatic rings. The lowest BCUT2D eigenvalue weighted by atomic mass is 9.86. The van der Waals surface area contributed by atoms with E-state index in [1.165, 1.54) is 12.0 Å². The van der Waals surface area contributed by atoms with Gasteiger partial charge in [0.2, 0.25) is 0 Å². The summed E-state index contributed by atoms with van der Waals surface area (Å²) in [7, 11) is 1.66. The Morgan fingerprint density at radius 2 is 1.90 bits per heavy atom. The lowest BCUT2D eigenvalue weighted by Gasteiger charge is -2.27. The minimum Gasteiger partial charge on any atom is -0.494 e. The molecular weight excluding hydrogens is 386 g/mol. The third-order valence-electron chi connectivity index (χ3n) is 3.87. The van der Waals surface area contributed by atoms with Crippen LogP contribution in [0.1, 0.15) is 31.2 Å². The first-order chi connectivity index (χ1) is 9.61. The molecular formula is C15H21Br2NO2. The Bertz CT molecular complexity index is 430. The molecule has 2 atom stereocenters. The topological polar surface area (TPSA) is 41.5 Å². The zero-order valence-electron chi connectivity index (χ0n) is 11.7. The standard InChI is InChI=1S/C15H21Br2NO2/c1-20-15-12(16)6-10(7-13(15)17)8-18-9-11-4-2-3-5-14(11)19/h6-7,11,14,18-19H,2-5,8-9H2,1H3. The summed E-state index contributed by atoms with van der Waals surface area (Å²) in [5.41, 5.74) is 1.19. The van der Waals surface area contributed by atoms with Crippen LogP contribution in [-0.4, -0.2) is 24.9 Å². The summed E-state index contributed by atoms with van der Waals surface area (Å²) in [5.74, 6) is 1.21. The minimum absolute atomic E-state index is 0.134. The molecule has 0 radical (unpaired) electrons.